The van der Waals surface area contributed by atoms with E-state index in [1.807, 2.05) is 0 Å². The summed E-state index contributed by atoms with van der Waals surface area (Å²) < 4.78 is 39.3. The summed E-state index contributed by atoms with van der Waals surface area (Å²) in [5, 5.41) is 9.77. The molecule has 0 saturated heterocycles. The Balaban J connectivity index is 4.73. The Bertz CT molecular complexity index is 1420. The number of aliphatic hydroxyl groups is 1. The van der Waals surface area contributed by atoms with Crippen LogP contribution in [0.4, 0.5) is 0 Å². The molecule has 0 aliphatic carbocycles. The van der Waals surface area contributed by atoms with Gasteiger partial charge < -0.3 is 24.2 Å². The number of allylic oxidation sites excluding steroid dienone is 12. The second kappa shape index (κ2) is 50.3. The third kappa shape index (κ3) is 48.0. The number of hydrogen-bond donors (Lipinski definition) is 2. The van der Waals surface area contributed by atoms with Gasteiger partial charge in [0.05, 0.1) is 19.8 Å². The molecule has 0 fully saturated rings. The van der Waals surface area contributed by atoms with Gasteiger partial charge in [0.1, 0.15) is 12.7 Å². The molecule has 12 heteroatoms. The maximum Gasteiger partial charge on any atom is 0.472 e. The molecule has 392 valence electrons. The van der Waals surface area contributed by atoms with Gasteiger partial charge in [-0.2, -0.15) is 0 Å². The van der Waals surface area contributed by atoms with Gasteiger partial charge in [-0.3, -0.25) is 23.4 Å². The number of carbonyl (C=O) groups is 3. The molecule has 0 aromatic heterocycles. The van der Waals surface area contributed by atoms with Crippen molar-refractivity contribution in [1.82, 2.24) is 0 Å². The van der Waals surface area contributed by atoms with Crippen molar-refractivity contribution >= 4 is 25.7 Å². The zero-order valence-corrected chi connectivity index (χ0v) is 43.9. The molecule has 0 radical (unpaired) electrons. The van der Waals surface area contributed by atoms with Crippen LogP contribution in [0.5, 0.6) is 0 Å². The highest BCUT2D eigenvalue weighted by Crippen LogP contribution is 2.43. The molecular weight excluding hydrogens is 880 g/mol. The lowest BCUT2D eigenvalue weighted by atomic mass is 10.1. The third-order valence-corrected chi connectivity index (χ3v) is 12.1. The summed E-state index contributed by atoms with van der Waals surface area (Å²) in [6.45, 7) is 4.42. The van der Waals surface area contributed by atoms with Gasteiger partial charge in [0, 0.05) is 19.3 Å². The SMILES string of the molecule is CC/C=C\C/C=C\C/C=C\C/C=C\CCCCC(=O)OC(CO)COP(=O)(O)OCC(COC(=O)CCCCCCCCCCC)OC(=O)CCCCCCCCC/C=C\C/C=C\CCCCC. The van der Waals surface area contributed by atoms with Gasteiger partial charge >= 0.3 is 25.7 Å². The molecule has 0 aromatic carbocycles. The number of phosphoric acid groups is 1. The fourth-order valence-electron chi connectivity index (χ4n) is 7.02. The first-order chi connectivity index (χ1) is 33.2. The summed E-state index contributed by atoms with van der Waals surface area (Å²) in [6, 6.07) is 0. The summed E-state index contributed by atoms with van der Waals surface area (Å²) in [6.07, 6.45) is 54.5. The molecule has 11 nitrogen and oxygen atoms in total. The van der Waals surface area contributed by atoms with Crippen LogP contribution >= 0.6 is 7.82 Å². The van der Waals surface area contributed by atoms with Crippen LogP contribution in [0.25, 0.3) is 0 Å². The van der Waals surface area contributed by atoms with Crippen LogP contribution < -0.4 is 0 Å². The fourth-order valence-corrected chi connectivity index (χ4v) is 7.81. The molecule has 0 aromatic rings. The number of esters is 3. The zero-order valence-electron chi connectivity index (χ0n) is 43.1. The second-order valence-corrected chi connectivity index (χ2v) is 19.1. The zero-order chi connectivity index (χ0) is 49.9. The van der Waals surface area contributed by atoms with Crippen molar-refractivity contribution in [3.8, 4) is 0 Å². The quantitative estimate of drug-likeness (QED) is 0.0197. The van der Waals surface area contributed by atoms with E-state index in [0.29, 0.717) is 19.3 Å². The Morgan fingerprint density at radius 1 is 0.426 bits per heavy atom. The highest BCUT2D eigenvalue weighted by molar-refractivity contribution is 7.47. The Morgan fingerprint density at radius 3 is 1.24 bits per heavy atom. The molecule has 0 heterocycles. The van der Waals surface area contributed by atoms with Crippen LogP contribution in [0.3, 0.4) is 0 Å². The predicted molar refractivity (Wildman–Crippen MR) is 279 cm³/mol. The molecule has 0 spiro atoms. The summed E-state index contributed by atoms with van der Waals surface area (Å²) in [5.41, 5.74) is 0. The van der Waals surface area contributed by atoms with E-state index < -0.39 is 57.8 Å². The summed E-state index contributed by atoms with van der Waals surface area (Å²) >= 11 is 0. The lowest BCUT2D eigenvalue weighted by Gasteiger charge is -2.21. The highest BCUT2D eigenvalue weighted by atomic mass is 31.2. The minimum absolute atomic E-state index is 0.123. The lowest BCUT2D eigenvalue weighted by Crippen LogP contribution is -2.30. The first-order valence-electron chi connectivity index (χ1n) is 26.8. The molecule has 0 bridgehead atoms. The second-order valence-electron chi connectivity index (χ2n) is 17.7. The monoisotopic (exact) mass is 977 g/mol. The molecule has 0 rings (SSSR count). The van der Waals surface area contributed by atoms with Crippen LogP contribution in [0.1, 0.15) is 226 Å². The molecule has 68 heavy (non-hydrogen) atoms. The Kier molecular flexibility index (Phi) is 48.0. The van der Waals surface area contributed by atoms with E-state index in [2.05, 4.69) is 93.7 Å². The fraction of sp³-hybridized carbons (Fsp3) is 0.732. The first-order valence-corrected chi connectivity index (χ1v) is 28.3. The molecule has 0 aliphatic rings. The summed E-state index contributed by atoms with van der Waals surface area (Å²) in [4.78, 5) is 48.3. The summed E-state index contributed by atoms with van der Waals surface area (Å²) in [7, 11) is -4.75. The standard InChI is InChI=1S/C56H97O11P/c1-4-7-10-13-16-19-21-23-25-26-28-30-32-35-38-41-44-47-56(60)67-53(49-63-54(58)45-42-39-36-33-18-15-12-9-6-3)51-65-68(61,62)64-50-52(48-57)66-55(59)46-43-40-37-34-31-29-27-24-22-20-17-14-11-8-5-2/h8,11,16-17,19-20,23-25,27,31,34,52-53,57H,4-7,9-10,12-15,18,21-22,26,28-30,32-33,35-51H2,1-3H3,(H,61,62)/b11-8-,19-16-,20-17-,25-23-,27-24-,34-31-. The van der Waals surface area contributed by atoms with E-state index in [-0.39, 0.29) is 25.9 Å². The van der Waals surface area contributed by atoms with Crippen molar-refractivity contribution in [2.75, 3.05) is 26.4 Å². The Hall–Kier alpha value is -3.08. The molecule has 2 N–H and O–H groups in total. The first kappa shape index (κ1) is 64.9. The molecular formula is C56H97O11P. The van der Waals surface area contributed by atoms with Crippen LogP contribution in [-0.4, -0.2) is 66.5 Å². The van der Waals surface area contributed by atoms with Gasteiger partial charge in [-0.05, 0) is 89.9 Å². The average molecular weight is 977 g/mol. The Labute approximate surface area is 414 Å². The number of unbranched alkanes of at least 4 members (excludes halogenated alkanes) is 20. The van der Waals surface area contributed by atoms with Crippen molar-refractivity contribution in [3.63, 3.8) is 0 Å². The number of aliphatic hydroxyl groups excluding tert-OH is 1. The number of phosphoric ester groups is 1. The lowest BCUT2D eigenvalue weighted by molar-refractivity contribution is -0.161. The van der Waals surface area contributed by atoms with E-state index in [9.17, 15) is 28.9 Å². The highest BCUT2D eigenvalue weighted by Gasteiger charge is 2.28. The number of carbonyl (C=O) groups excluding carboxylic acids is 3. The Morgan fingerprint density at radius 2 is 0.765 bits per heavy atom. The van der Waals surface area contributed by atoms with Gasteiger partial charge in [0.25, 0.3) is 0 Å². The smallest absolute Gasteiger partial charge is 0.462 e. The van der Waals surface area contributed by atoms with Crippen LogP contribution in [0, 0.1) is 0 Å². The average Bonchev–Trinajstić information content (AvgIpc) is 3.32. The van der Waals surface area contributed by atoms with Crippen LogP contribution in [0.2, 0.25) is 0 Å². The van der Waals surface area contributed by atoms with E-state index in [1.165, 1.54) is 70.6 Å². The minimum atomic E-state index is -4.75. The van der Waals surface area contributed by atoms with Gasteiger partial charge in [-0.15, -0.1) is 0 Å². The van der Waals surface area contributed by atoms with E-state index in [0.717, 1.165) is 96.3 Å². The van der Waals surface area contributed by atoms with E-state index in [4.69, 9.17) is 23.3 Å². The third-order valence-electron chi connectivity index (χ3n) is 11.1. The topological polar surface area (TPSA) is 155 Å². The number of rotatable bonds is 49. The molecule has 3 unspecified atom stereocenters. The van der Waals surface area contributed by atoms with Crippen molar-refractivity contribution < 1.29 is 52.2 Å². The van der Waals surface area contributed by atoms with E-state index in [1.54, 1.807) is 0 Å². The van der Waals surface area contributed by atoms with Gasteiger partial charge in [-0.1, -0.05) is 190 Å². The molecule has 0 aliphatic heterocycles. The number of ether oxygens (including phenoxy) is 3. The van der Waals surface area contributed by atoms with Gasteiger partial charge in [-0.25, -0.2) is 4.57 Å². The largest absolute Gasteiger partial charge is 0.472 e. The molecule has 0 amide bonds. The number of hydrogen-bond acceptors (Lipinski definition) is 10. The minimum Gasteiger partial charge on any atom is -0.462 e. The maximum atomic E-state index is 12.8. The summed E-state index contributed by atoms with van der Waals surface area (Å²) in [5.74, 6) is -1.52. The normalized spacial score (nSPS) is 14.0. The molecule has 0 saturated carbocycles. The molecule has 3 atom stereocenters. The van der Waals surface area contributed by atoms with E-state index >= 15 is 0 Å². The van der Waals surface area contributed by atoms with Gasteiger partial charge in [0.15, 0.2) is 6.10 Å². The van der Waals surface area contributed by atoms with Crippen LogP contribution in [-0.2, 0) is 42.2 Å². The van der Waals surface area contributed by atoms with Crippen LogP contribution in [0.15, 0.2) is 72.9 Å². The van der Waals surface area contributed by atoms with Crippen molar-refractivity contribution in [3.05, 3.63) is 72.9 Å². The van der Waals surface area contributed by atoms with Gasteiger partial charge in [0.2, 0.25) is 0 Å². The maximum absolute atomic E-state index is 12.8. The van der Waals surface area contributed by atoms with Crippen molar-refractivity contribution in [2.24, 2.45) is 0 Å². The van der Waals surface area contributed by atoms with Crippen molar-refractivity contribution in [2.45, 2.75) is 238 Å². The van der Waals surface area contributed by atoms with Crippen molar-refractivity contribution in [1.29, 1.82) is 0 Å². The predicted octanol–water partition coefficient (Wildman–Crippen LogP) is 15.4.